The molecule has 0 radical (unpaired) electrons. The van der Waals surface area contributed by atoms with Crippen molar-refractivity contribution < 1.29 is 18.1 Å². The second-order valence-corrected chi connectivity index (χ2v) is 5.18. The molecule has 13 heavy (non-hydrogen) atoms. The summed E-state index contributed by atoms with van der Waals surface area (Å²) >= 11 is 9.20. The third kappa shape index (κ3) is 7.48. The zero-order chi connectivity index (χ0) is 10.2. The van der Waals surface area contributed by atoms with Crippen LogP contribution in [-0.4, -0.2) is 23.0 Å². The topological polar surface area (TPSA) is 44.8 Å². The highest BCUT2D eigenvalue weighted by atomic mass is 79.9. The van der Waals surface area contributed by atoms with Crippen molar-refractivity contribution in [2.45, 2.75) is 6.42 Å². The fourth-order valence-corrected chi connectivity index (χ4v) is 3.01. The van der Waals surface area contributed by atoms with Crippen molar-refractivity contribution in [3.63, 3.8) is 0 Å². The first-order valence-electron chi connectivity index (χ1n) is 3.40. The predicted molar refractivity (Wildman–Crippen MR) is 61.7 cm³/mol. The summed E-state index contributed by atoms with van der Waals surface area (Å²) in [5, 5.41) is 0.787. The van der Waals surface area contributed by atoms with Gasteiger partial charge in [-0.3, -0.25) is 13.6 Å². The van der Waals surface area contributed by atoms with E-state index < -0.39 is 7.82 Å². The molecule has 4 nitrogen and oxygen atoms in total. The van der Waals surface area contributed by atoms with E-state index in [1.807, 2.05) is 0 Å². The fraction of sp³-hybridized carbons (Fsp3) is 1.00. The van der Waals surface area contributed by atoms with Crippen molar-refractivity contribution in [3.8, 4) is 0 Å². The molecule has 80 valence electrons. The number of rotatable bonds is 8. The number of hydrogen-bond donors (Lipinski definition) is 0. The lowest BCUT2D eigenvalue weighted by atomic mass is 10.5. The molecule has 0 amide bonds. The smallest absolute Gasteiger partial charge is 0.287 e. The van der Waals surface area contributed by atoms with Crippen LogP contribution in [0.1, 0.15) is 6.42 Å². The minimum atomic E-state index is -3.36. The Labute approximate surface area is 103 Å². The number of halogens is 3. The van der Waals surface area contributed by atoms with E-state index in [0.29, 0.717) is 6.61 Å². The van der Waals surface area contributed by atoms with E-state index in [4.69, 9.17) is 13.6 Å². The van der Waals surface area contributed by atoms with Crippen LogP contribution in [0.2, 0.25) is 0 Å². The molecule has 0 aliphatic heterocycles. The average molecular weight is 405 g/mol. The van der Waals surface area contributed by atoms with Crippen molar-refractivity contribution in [2.24, 2.45) is 0 Å². The lowest BCUT2D eigenvalue weighted by Gasteiger charge is -2.14. The average Bonchev–Trinajstić information content (AvgIpc) is 2.05. The molecule has 0 saturated carbocycles. The van der Waals surface area contributed by atoms with Crippen LogP contribution >= 0.6 is 55.6 Å². The van der Waals surface area contributed by atoms with Crippen LogP contribution in [0.3, 0.4) is 0 Å². The molecule has 8 heteroatoms. The van der Waals surface area contributed by atoms with Gasteiger partial charge >= 0.3 is 7.82 Å². The SMILES string of the molecule is O=P(OCBr)(OCBr)OCCCBr. The molecule has 0 saturated heterocycles. The van der Waals surface area contributed by atoms with Crippen molar-refractivity contribution >= 4 is 55.6 Å². The lowest BCUT2D eigenvalue weighted by molar-refractivity contribution is 0.146. The molecule has 0 atom stereocenters. The fourth-order valence-electron chi connectivity index (χ4n) is 0.462. The maximum absolute atomic E-state index is 11.5. The Morgan fingerprint density at radius 1 is 1.00 bits per heavy atom. The zero-order valence-corrected chi connectivity index (χ0v) is 12.4. The van der Waals surface area contributed by atoms with Crippen LogP contribution in [-0.2, 0) is 18.1 Å². The van der Waals surface area contributed by atoms with Gasteiger partial charge in [-0.15, -0.1) is 0 Å². The second-order valence-electron chi connectivity index (χ2n) is 1.80. The Morgan fingerprint density at radius 2 is 1.54 bits per heavy atom. The Bertz CT molecular complexity index is 158. The maximum Gasteiger partial charge on any atom is 0.476 e. The second kappa shape index (κ2) is 8.83. The Morgan fingerprint density at radius 3 is 1.92 bits per heavy atom. The van der Waals surface area contributed by atoms with Gasteiger partial charge in [0.15, 0.2) is 0 Å². The molecule has 0 aromatic rings. The summed E-state index contributed by atoms with van der Waals surface area (Å²) < 4.78 is 26.1. The predicted octanol–water partition coefficient (Wildman–Crippen LogP) is 3.63. The Hall–Kier alpha value is 1.55. The first-order chi connectivity index (χ1) is 6.18. The summed E-state index contributed by atoms with van der Waals surface area (Å²) in [6, 6.07) is 0. The highest BCUT2D eigenvalue weighted by Gasteiger charge is 2.25. The van der Waals surface area contributed by atoms with E-state index in [9.17, 15) is 4.57 Å². The van der Waals surface area contributed by atoms with Crippen LogP contribution in [0.25, 0.3) is 0 Å². The standard InChI is InChI=1S/C5H10Br3O4P/c6-2-1-3-10-13(9,11-4-7)12-5-8/h1-5H2. The Balaban J connectivity index is 3.85. The molecular formula is C5H10Br3O4P. The van der Waals surface area contributed by atoms with Gasteiger partial charge in [0.25, 0.3) is 0 Å². The number of phosphoric ester groups is 1. The van der Waals surface area contributed by atoms with Crippen molar-refractivity contribution in [2.75, 3.05) is 23.0 Å². The van der Waals surface area contributed by atoms with Gasteiger partial charge in [-0.05, 0) is 6.42 Å². The van der Waals surface area contributed by atoms with Crippen molar-refractivity contribution in [3.05, 3.63) is 0 Å². The summed E-state index contributed by atoms with van der Waals surface area (Å²) in [5.41, 5.74) is 0.233. The third-order valence-corrected chi connectivity index (χ3v) is 4.06. The minimum absolute atomic E-state index is 0.117. The molecule has 0 bridgehead atoms. The molecule has 0 spiro atoms. The first-order valence-corrected chi connectivity index (χ1v) is 8.22. The van der Waals surface area contributed by atoms with Gasteiger partial charge in [-0.2, -0.15) is 0 Å². The monoisotopic (exact) mass is 402 g/mol. The highest BCUT2D eigenvalue weighted by Crippen LogP contribution is 2.50. The van der Waals surface area contributed by atoms with Crippen LogP contribution in [0.4, 0.5) is 0 Å². The Kier molecular flexibility index (Phi) is 9.88. The molecule has 0 fully saturated rings. The van der Waals surface area contributed by atoms with Crippen LogP contribution in [0.5, 0.6) is 0 Å². The molecular weight excluding hydrogens is 395 g/mol. The summed E-state index contributed by atoms with van der Waals surface area (Å²) in [6.45, 7) is 0.336. The largest absolute Gasteiger partial charge is 0.476 e. The quantitative estimate of drug-likeness (QED) is 0.352. The van der Waals surface area contributed by atoms with E-state index in [2.05, 4.69) is 47.8 Å². The van der Waals surface area contributed by atoms with Crippen LogP contribution in [0.15, 0.2) is 0 Å². The van der Waals surface area contributed by atoms with Gasteiger partial charge in [-0.1, -0.05) is 47.8 Å². The van der Waals surface area contributed by atoms with E-state index in [1.165, 1.54) is 0 Å². The van der Waals surface area contributed by atoms with Crippen molar-refractivity contribution in [1.29, 1.82) is 0 Å². The summed E-state index contributed by atoms with van der Waals surface area (Å²) in [4.78, 5) is 0. The third-order valence-electron chi connectivity index (χ3n) is 0.941. The van der Waals surface area contributed by atoms with Gasteiger partial charge in [0, 0.05) is 5.33 Å². The highest BCUT2D eigenvalue weighted by molar-refractivity contribution is 9.09. The van der Waals surface area contributed by atoms with E-state index in [0.717, 1.165) is 11.8 Å². The normalized spacial score (nSPS) is 11.9. The van der Waals surface area contributed by atoms with Gasteiger partial charge in [0.2, 0.25) is 0 Å². The minimum Gasteiger partial charge on any atom is -0.287 e. The van der Waals surface area contributed by atoms with Gasteiger partial charge in [-0.25, -0.2) is 4.57 Å². The molecule has 0 rings (SSSR count). The van der Waals surface area contributed by atoms with Crippen molar-refractivity contribution in [1.82, 2.24) is 0 Å². The van der Waals surface area contributed by atoms with E-state index in [1.54, 1.807) is 0 Å². The van der Waals surface area contributed by atoms with Gasteiger partial charge in [0.1, 0.15) is 11.0 Å². The summed E-state index contributed by atoms with van der Waals surface area (Å²) in [7, 11) is -3.36. The lowest BCUT2D eigenvalue weighted by Crippen LogP contribution is -2.00. The zero-order valence-electron chi connectivity index (χ0n) is 6.75. The maximum atomic E-state index is 11.5. The summed E-state index contributed by atoms with van der Waals surface area (Å²) in [6.07, 6.45) is 0.751. The molecule has 0 unspecified atom stereocenters. The molecule has 0 aromatic carbocycles. The molecule has 0 aliphatic carbocycles. The molecule has 0 aromatic heterocycles. The molecule has 0 N–H and O–H groups in total. The van der Waals surface area contributed by atoms with E-state index >= 15 is 0 Å². The summed E-state index contributed by atoms with van der Waals surface area (Å²) in [5.74, 6) is 0. The van der Waals surface area contributed by atoms with Gasteiger partial charge < -0.3 is 0 Å². The van der Waals surface area contributed by atoms with Crippen LogP contribution in [0, 0.1) is 0 Å². The van der Waals surface area contributed by atoms with E-state index in [-0.39, 0.29) is 11.0 Å². The number of hydrogen-bond acceptors (Lipinski definition) is 4. The molecule has 0 heterocycles. The van der Waals surface area contributed by atoms with Crippen LogP contribution < -0.4 is 0 Å². The van der Waals surface area contributed by atoms with Gasteiger partial charge in [0.05, 0.1) is 6.61 Å². The number of alkyl halides is 3. The number of phosphoric acid groups is 1. The first kappa shape index (κ1) is 14.6. The molecule has 0 aliphatic rings.